The van der Waals surface area contributed by atoms with Gasteiger partial charge >= 0.3 is 6.03 Å². The van der Waals surface area contributed by atoms with E-state index in [9.17, 15) is 9.59 Å². The number of nitrogens with one attached hydrogen (secondary N) is 2. The van der Waals surface area contributed by atoms with Crippen molar-refractivity contribution in [2.24, 2.45) is 11.7 Å². The quantitative estimate of drug-likeness (QED) is 0.778. The minimum atomic E-state index is -0.503. The Morgan fingerprint density at radius 2 is 1.84 bits per heavy atom. The largest absolute Gasteiger partial charge is 0.366 e. The van der Waals surface area contributed by atoms with Crippen molar-refractivity contribution < 1.29 is 9.59 Å². The zero-order chi connectivity index (χ0) is 14.6. The van der Waals surface area contributed by atoms with Crippen LogP contribution in [0.2, 0.25) is 0 Å². The molecule has 5 nitrogen and oxygen atoms in total. The molecule has 19 heavy (non-hydrogen) atoms. The number of hydrogen-bond acceptors (Lipinski definition) is 2. The van der Waals surface area contributed by atoms with E-state index in [2.05, 4.69) is 10.6 Å². The second-order valence-corrected chi connectivity index (χ2v) is 5.03. The number of nitrogens with two attached hydrogens (primary N) is 1. The van der Waals surface area contributed by atoms with Gasteiger partial charge in [0, 0.05) is 17.3 Å². The van der Waals surface area contributed by atoms with E-state index in [4.69, 9.17) is 5.73 Å². The molecule has 5 heteroatoms. The van der Waals surface area contributed by atoms with Crippen LogP contribution in [-0.4, -0.2) is 18.0 Å². The topological polar surface area (TPSA) is 84.2 Å². The Bertz CT molecular complexity index is 484. The zero-order valence-corrected chi connectivity index (χ0v) is 11.8. The highest BCUT2D eigenvalue weighted by Gasteiger charge is 2.12. The summed E-state index contributed by atoms with van der Waals surface area (Å²) in [6, 6.07) is 4.85. The number of hydrogen-bond donors (Lipinski definition) is 3. The summed E-state index contributed by atoms with van der Waals surface area (Å²) < 4.78 is 0. The molecule has 0 aliphatic carbocycles. The number of primary amides is 1. The number of rotatable bonds is 4. The van der Waals surface area contributed by atoms with Gasteiger partial charge in [-0.15, -0.1) is 0 Å². The van der Waals surface area contributed by atoms with Gasteiger partial charge in [0.2, 0.25) is 5.91 Å². The average molecular weight is 263 g/mol. The molecule has 0 spiro atoms. The highest BCUT2D eigenvalue weighted by atomic mass is 16.2. The lowest BCUT2D eigenvalue weighted by molar-refractivity contribution is 0.0999. The predicted molar refractivity (Wildman–Crippen MR) is 76.2 cm³/mol. The normalized spacial score (nSPS) is 12.1. The minimum Gasteiger partial charge on any atom is -0.366 e. The molecule has 1 atom stereocenters. The molecule has 1 aromatic carbocycles. The van der Waals surface area contributed by atoms with E-state index in [0.29, 0.717) is 17.2 Å². The lowest BCUT2D eigenvalue weighted by Gasteiger charge is -2.18. The van der Waals surface area contributed by atoms with Crippen LogP contribution in [0.5, 0.6) is 0 Å². The van der Waals surface area contributed by atoms with Crippen LogP contribution in [0.1, 0.15) is 36.7 Å². The second-order valence-electron chi connectivity index (χ2n) is 5.03. The lowest BCUT2D eigenvalue weighted by atomic mass is 10.1. The van der Waals surface area contributed by atoms with Gasteiger partial charge in [-0.1, -0.05) is 19.9 Å². The van der Waals surface area contributed by atoms with Crippen LogP contribution in [0.3, 0.4) is 0 Å². The lowest BCUT2D eigenvalue weighted by Crippen LogP contribution is -2.39. The molecule has 104 valence electrons. The standard InChI is InChI=1S/C14H21N3O2/c1-8(2)10(4)16-14(19)17-11-6-5-9(3)12(7-11)13(15)18/h5-8,10H,1-4H3,(H2,15,18)(H2,16,17,19). The van der Waals surface area contributed by atoms with Gasteiger partial charge in [0.05, 0.1) is 0 Å². The Kier molecular flexibility index (Phi) is 4.92. The summed E-state index contributed by atoms with van der Waals surface area (Å²) in [4.78, 5) is 23.0. The first-order chi connectivity index (χ1) is 8.81. The van der Waals surface area contributed by atoms with Crippen LogP contribution < -0.4 is 16.4 Å². The molecule has 0 aliphatic heterocycles. The van der Waals surface area contributed by atoms with E-state index in [1.54, 1.807) is 25.1 Å². The second kappa shape index (κ2) is 6.22. The summed E-state index contributed by atoms with van der Waals surface area (Å²) in [6.07, 6.45) is 0. The third-order valence-electron chi connectivity index (χ3n) is 3.12. The zero-order valence-electron chi connectivity index (χ0n) is 11.8. The fraction of sp³-hybridized carbons (Fsp3) is 0.429. The van der Waals surface area contributed by atoms with Crippen molar-refractivity contribution in [3.8, 4) is 0 Å². The summed E-state index contributed by atoms with van der Waals surface area (Å²) >= 11 is 0. The molecular weight excluding hydrogens is 242 g/mol. The maximum Gasteiger partial charge on any atom is 0.319 e. The molecule has 0 heterocycles. The van der Waals surface area contributed by atoms with Gasteiger partial charge < -0.3 is 16.4 Å². The molecule has 1 aromatic rings. The first-order valence-corrected chi connectivity index (χ1v) is 6.29. The first-order valence-electron chi connectivity index (χ1n) is 6.29. The molecule has 3 amide bonds. The van der Waals surface area contributed by atoms with Crippen LogP contribution >= 0.6 is 0 Å². The van der Waals surface area contributed by atoms with Crippen molar-refractivity contribution >= 4 is 17.6 Å². The van der Waals surface area contributed by atoms with Gasteiger partial charge in [-0.2, -0.15) is 0 Å². The fourth-order valence-corrected chi connectivity index (χ4v) is 1.51. The number of benzene rings is 1. The van der Waals surface area contributed by atoms with Crippen molar-refractivity contribution in [1.29, 1.82) is 0 Å². The third kappa shape index (κ3) is 4.28. The van der Waals surface area contributed by atoms with Crippen LogP contribution in [-0.2, 0) is 0 Å². The van der Waals surface area contributed by atoms with Crippen molar-refractivity contribution in [1.82, 2.24) is 5.32 Å². The maximum absolute atomic E-state index is 11.8. The van der Waals surface area contributed by atoms with E-state index in [-0.39, 0.29) is 12.1 Å². The molecule has 0 radical (unpaired) electrons. The summed E-state index contributed by atoms with van der Waals surface area (Å²) in [5.41, 5.74) is 7.01. The van der Waals surface area contributed by atoms with E-state index in [0.717, 1.165) is 5.56 Å². The summed E-state index contributed by atoms with van der Waals surface area (Å²) in [5.74, 6) is -0.151. The Hall–Kier alpha value is -2.04. The Morgan fingerprint density at radius 3 is 2.37 bits per heavy atom. The van der Waals surface area contributed by atoms with Gasteiger partial charge in [0.25, 0.3) is 0 Å². The van der Waals surface area contributed by atoms with Gasteiger partial charge in [0.1, 0.15) is 0 Å². The van der Waals surface area contributed by atoms with Crippen molar-refractivity contribution in [3.63, 3.8) is 0 Å². The SMILES string of the molecule is Cc1ccc(NC(=O)NC(C)C(C)C)cc1C(N)=O. The molecule has 0 saturated carbocycles. The summed E-state index contributed by atoms with van der Waals surface area (Å²) in [6.45, 7) is 7.79. The molecule has 0 aliphatic rings. The maximum atomic E-state index is 11.8. The predicted octanol–water partition coefficient (Wildman–Crippen LogP) is 2.26. The fourth-order valence-electron chi connectivity index (χ4n) is 1.51. The number of carbonyl (C=O) groups excluding carboxylic acids is 2. The summed E-state index contributed by atoms with van der Waals surface area (Å²) in [7, 11) is 0. The van der Waals surface area contributed by atoms with Crippen LogP contribution in [0.4, 0.5) is 10.5 Å². The number of aryl methyl sites for hydroxylation is 1. The van der Waals surface area contributed by atoms with Crippen LogP contribution in [0.15, 0.2) is 18.2 Å². The van der Waals surface area contributed by atoms with E-state index in [1.807, 2.05) is 20.8 Å². The number of anilines is 1. The molecule has 1 unspecified atom stereocenters. The van der Waals surface area contributed by atoms with Crippen molar-refractivity contribution in [2.45, 2.75) is 33.7 Å². The Balaban J connectivity index is 2.75. The molecular formula is C14H21N3O2. The monoisotopic (exact) mass is 263 g/mol. The van der Waals surface area contributed by atoms with Gasteiger partial charge in [-0.3, -0.25) is 4.79 Å². The van der Waals surface area contributed by atoms with E-state index in [1.165, 1.54) is 0 Å². The number of amides is 3. The minimum absolute atomic E-state index is 0.0704. The number of urea groups is 1. The van der Waals surface area contributed by atoms with E-state index < -0.39 is 5.91 Å². The third-order valence-corrected chi connectivity index (χ3v) is 3.12. The van der Waals surface area contributed by atoms with Crippen LogP contribution in [0, 0.1) is 12.8 Å². The first kappa shape index (κ1) is 15.0. The van der Waals surface area contributed by atoms with Crippen molar-refractivity contribution in [3.05, 3.63) is 29.3 Å². The summed E-state index contributed by atoms with van der Waals surface area (Å²) in [5, 5.41) is 5.52. The molecule has 4 N–H and O–H groups in total. The average Bonchev–Trinajstić information content (AvgIpc) is 2.30. The Morgan fingerprint density at radius 1 is 1.21 bits per heavy atom. The molecule has 1 rings (SSSR count). The van der Waals surface area contributed by atoms with Crippen LogP contribution in [0.25, 0.3) is 0 Å². The van der Waals surface area contributed by atoms with Gasteiger partial charge in [0.15, 0.2) is 0 Å². The molecule has 0 fully saturated rings. The molecule has 0 bridgehead atoms. The van der Waals surface area contributed by atoms with E-state index >= 15 is 0 Å². The molecule has 0 saturated heterocycles. The number of carbonyl (C=O) groups is 2. The smallest absolute Gasteiger partial charge is 0.319 e. The highest BCUT2D eigenvalue weighted by Crippen LogP contribution is 2.15. The van der Waals surface area contributed by atoms with Gasteiger partial charge in [-0.05, 0) is 37.5 Å². The van der Waals surface area contributed by atoms with Crippen molar-refractivity contribution in [2.75, 3.05) is 5.32 Å². The van der Waals surface area contributed by atoms with Gasteiger partial charge in [-0.25, -0.2) is 4.79 Å². The Labute approximate surface area is 113 Å². The highest BCUT2D eigenvalue weighted by molar-refractivity contribution is 5.97. The molecule has 0 aromatic heterocycles.